The minimum Gasteiger partial charge on any atom is -0.383 e. The van der Waals surface area contributed by atoms with Gasteiger partial charge in [-0.1, -0.05) is 58.0 Å². The van der Waals surface area contributed by atoms with Gasteiger partial charge in [-0.2, -0.15) is 8.42 Å². The molecule has 2 aromatic rings. The number of amidine groups is 1. The summed E-state index contributed by atoms with van der Waals surface area (Å²) in [6.07, 6.45) is 0. The number of benzene rings is 1. The van der Waals surface area contributed by atoms with E-state index in [1.165, 1.54) is 18.2 Å². The van der Waals surface area contributed by atoms with Crippen LogP contribution in [-0.2, 0) is 10.0 Å². The van der Waals surface area contributed by atoms with Gasteiger partial charge >= 0.3 is 0 Å². The van der Waals surface area contributed by atoms with Crippen molar-refractivity contribution in [1.82, 2.24) is 4.98 Å². The summed E-state index contributed by atoms with van der Waals surface area (Å²) in [7, 11) is -4.22. The second-order valence-electron chi connectivity index (χ2n) is 4.15. The van der Waals surface area contributed by atoms with Gasteiger partial charge in [0.15, 0.2) is 0 Å². The van der Waals surface area contributed by atoms with E-state index in [2.05, 4.69) is 9.38 Å². The van der Waals surface area contributed by atoms with E-state index in [4.69, 9.17) is 63.7 Å². The number of aromatic nitrogens is 1. The Balaban J connectivity index is 2.54. The molecule has 0 aliphatic carbocycles. The van der Waals surface area contributed by atoms with Crippen molar-refractivity contribution in [2.24, 2.45) is 10.1 Å². The van der Waals surface area contributed by atoms with E-state index in [1.807, 2.05) is 0 Å². The molecule has 2 rings (SSSR count). The minimum atomic E-state index is -4.22. The third-order valence-electron chi connectivity index (χ3n) is 2.53. The van der Waals surface area contributed by atoms with Gasteiger partial charge in [0.25, 0.3) is 10.0 Å². The Morgan fingerprint density at radius 1 is 0.913 bits per heavy atom. The molecular weight excluding hydrogens is 427 g/mol. The van der Waals surface area contributed by atoms with Crippen LogP contribution in [0.2, 0.25) is 25.4 Å². The first-order valence-electron chi connectivity index (χ1n) is 5.68. The lowest BCUT2D eigenvalue weighted by Gasteiger charge is -2.06. The number of hydrogen-bond donors (Lipinski definition) is 1. The van der Waals surface area contributed by atoms with Crippen molar-refractivity contribution in [3.05, 3.63) is 55.2 Å². The summed E-state index contributed by atoms with van der Waals surface area (Å²) < 4.78 is 28.2. The molecule has 0 unspecified atom stereocenters. The average Bonchev–Trinajstić information content (AvgIpc) is 2.41. The van der Waals surface area contributed by atoms with Crippen LogP contribution in [0.1, 0.15) is 5.56 Å². The second-order valence-corrected chi connectivity index (χ2v) is 7.72. The van der Waals surface area contributed by atoms with E-state index in [0.29, 0.717) is 0 Å². The summed E-state index contributed by atoms with van der Waals surface area (Å²) in [4.78, 5) is 3.39. The molecule has 1 aromatic heterocycles. The van der Waals surface area contributed by atoms with Crippen molar-refractivity contribution in [2.45, 2.75) is 4.90 Å². The molecule has 0 spiro atoms. The van der Waals surface area contributed by atoms with Crippen molar-refractivity contribution < 1.29 is 8.42 Å². The maximum atomic E-state index is 12.3. The van der Waals surface area contributed by atoms with Gasteiger partial charge < -0.3 is 5.73 Å². The number of hydrogen-bond acceptors (Lipinski definition) is 3. The fraction of sp³-hybridized carbons (Fsp3) is 0. The Bertz CT molecular complexity index is 895. The molecule has 23 heavy (non-hydrogen) atoms. The molecular formula is C12H6Cl5N3O2S. The number of halogens is 5. The minimum absolute atomic E-state index is 0.0124. The summed E-state index contributed by atoms with van der Waals surface area (Å²) in [5.41, 5.74) is 5.89. The summed E-state index contributed by atoms with van der Waals surface area (Å²) in [5, 5.41) is 0.0617. The van der Waals surface area contributed by atoms with E-state index in [9.17, 15) is 8.42 Å². The zero-order valence-corrected chi connectivity index (χ0v) is 15.5. The molecule has 0 atom stereocenters. The standard InChI is InChI=1S/C12H6Cl5N3O2S/c13-6-3-8(15)9(4-7(6)14)23(21,22)20-12(18)5-1-10(16)19-11(17)2-5/h1-4H,(H2,18,20). The zero-order chi connectivity index (χ0) is 17.4. The van der Waals surface area contributed by atoms with Crippen LogP contribution in [-0.4, -0.2) is 19.2 Å². The van der Waals surface area contributed by atoms with Crippen LogP contribution in [0.4, 0.5) is 0 Å². The van der Waals surface area contributed by atoms with Crippen LogP contribution in [0.15, 0.2) is 33.6 Å². The molecule has 0 saturated carbocycles. The molecule has 0 amide bonds. The molecule has 2 N–H and O–H groups in total. The van der Waals surface area contributed by atoms with Gasteiger partial charge in [0.05, 0.1) is 15.1 Å². The summed E-state index contributed by atoms with van der Waals surface area (Å²) in [5.74, 6) is -0.335. The zero-order valence-electron chi connectivity index (χ0n) is 10.9. The lowest BCUT2D eigenvalue weighted by molar-refractivity contribution is 0.598. The Hall–Kier alpha value is -0.760. The first-order valence-corrected chi connectivity index (χ1v) is 9.01. The van der Waals surface area contributed by atoms with Crippen LogP contribution in [0, 0.1) is 0 Å². The fourth-order valence-corrected chi connectivity index (χ4v) is 3.95. The van der Waals surface area contributed by atoms with Crippen LogP contribution in [0.25, 0.3) is 0 Å². The first kappa shape index (κ1) is 18.6. The van der Waals surface area contributed by atoms with Crippen molar-refractivity contribution in [2.75, 3.05) is 0 Å². The van der Waals surface area contributed by atoms with Gasteiger partial charge in [0.2, 0.25) is 0 Å². The molecule has 0 aliphatic heterocycles. The lowest BCUT2D eigenvalue weighted by atomic mass is 10.2. The molecule has 0 radical (unpaired) electrons. The van der Waals surface area contributed by atoms with Crippen LogP contribution in [0.3, 0.4) is 0 Å². The van der Waals surface area contributed by atoms with Gasteiger partial charge in [-0.15, -0.1) is 4.40 Å². The van der Waals surface area contributed by atoms with Crippen LogP contribution in [0.5, 0.6) is 0 Å². The van der Waals surface area contributed by atoms with Gasteiger partial charge in [-0.3, -0.25) is 0 Å². The highest BCUT2D eigenvalue weighted by Gasteiger charge is 2.20. The van der Waals surface area contributed by atoms with E-state index >= 15 is 0 Å². The number of nitrogens with zero attached hydrogens (tertiary/aromatic N) is 2. The highest BCUT2D eigenvalue weighted by atomic mass is 35.5. The molecule has 1 heterocycles. The topological polar surface area (TPSA) is 85.4 Å². The Labute approximate surface area is 157 Å². The molecule has 5 nitrogen and oxygen atoms in total. The van der Waals surface area contributed by atoms with Crippen molar-refractivity contribution in [3.8, 4) is 0 Å². The van der Waals surface area contributed by atoms with Gasteiger partial charge in [-0.25, -0.2) is 4.98 Å². The number of rotatable bonds is 3. The first-order chi connectivity index (χ1) is 10.6. The normalized spacial score (nSPS) is 12.5. The van der Waals surface area contributed by atoms with Crippen LogP contribution >= 0.6 is 58.0 Å². The number of pyridine rings is 1. The third kappa shape index (κ3) is 4.41. The van der Waals surface area contributed by atoms with E-state index in [1.54, 1.807) is 0 Å². The largest absolute Gasteiger partial charge is 0.383 e. The maximum absolute atomic E-state index is 12.3. The Morgan fingerprint density at radius 3 is 2.00 bits per heavy atom. The third-order valence-corrected chi connectivity index (χ3v) is 5.39. The quantitative estimate of drug-likeness (QED) is 0.336. The predicted molar refractivity (Wildman–Crippen MR) is 93.6 cm³/mol. The van der Waals surface area contributed by atoms with Gasteiger partial charge in [0, 0.05) is 5.56 Å². The molecule has 0 saturated heterocycles. The summed E-state index contributed by atoms with van der Waals surface area (Å²) in [6.45, 7) is 0. The lowest BCUT2D eigenvalue weighted by Crippen LogP contribution is -2.16. The molecule has 11 heteroatoms. The Morgan fingerprint density at radius 2 is 1.43 bits per heavy atom. The Kier molecular flexibility index (Phi) is 5.66. The van der Waals surface area contributed by atoms with Crippen molar-refractivity contribution >= 4 is 73.9 Å². The summed E-state index contributed by atoms with van der Waals surface area (Å²) >= 11 is 28.9. The van der Waals surface area contributed by atoms with Crippen LogP contribution < -0.4 is 5.73 Å². The number of sulfonamides is 1. The van der Waals surface area contributed by atoms with E-state index in [-0.39, 0.29) is 41.7 Å². The van der Waals surface area contributed by atoms with Crippen molar-refractivity contribution in [1.29, 1.82) is 0 Å². The molecule has 122 valence electrons. The molecule has 0 fully saturated rings. The maximum Gasteiger partial charge on any atom is 0.285 e. The molecule has 1 aromatic carbocycles. The highest BCUT2D eigenvalue weighted by Crippen LogP contribution is 2.32. The molecule has 0 aliphatic rings. The van der Waals surface area contributed by atoms with E-state index in [0.717, 1.165) is 6.07 Å². The average molecular weight is 434 g/mol. The highest BCUT2D eigenvalue weighted by molar-refractivity contribution is 7.90. The number of nitrogens with two attached hydrogens (primary N) is 1. The smallest absolute Gasteiger partial charge is 0.285 e. The molecule has 0 bridgehead atoms. The summed E-state index contributed by atoms with van der Waals surface area (Å²) in [6, 6.07) is 4.92. The predicted octanol–water partition coefficient (Wildman–Crippen LogP) is 4.44. The monoisotopic (exact) mass is 431 g/mol. The second kappa shape index (κ2) is 7.01. The van der Waals surface area contributed by atoms with Gasteiger partial charge in [0.1, 0.15) is 21.0 Å². The van der Waals surface area contributed by atoms with Crippen molar-refractivity contribution in [3.63, 3.8) is 0 Å². The fourth-order valence-electron chi connectivity index (χ4n) is 1.55. The van der Waals surface area contributed by atoms with Gasteiger partial charge in [-0.05, 0) is 24.3 Å². The SMILES string of the molecule is N/C(=N/S(=O)(=O)c1cc(Cl)c(Cl)cc1Cl)c1cc(Cl)nc(Cl)c1. The van der Waals surface area contributed by atoms with E-state index < -0.39 is 10.0 Å².